The van der Waals surface area contributed by atoms with Crippen LogP contribution in [0.2, 0.25) is 5.02 Å². The predicted molar refractivity (Wildman–Crippen MR) is 271 cm³/mol. The quantitative estimate of drug-likeness (QED) is 0.0705. The highest BCUT2D eigenvalue weighted by molar-refractivity contribution is 7.15. The molecule has 5 heterocycles. The number of aliphatic imine (C=N–C) groups is 1. The lowest BCUT2D eigenvalue weighted by Gasteiger charge is -2.35. The maximum Gasteiger partial charge on any atom is 0.246 e. The number of carbonyl (C=O) groups excluding carboxylic acids is 4. The van der Waals surface area contributed by atoms with E-state index in [2.05, 4.69) is 45.0 Å². The number of β-amino-alcohol motifs (C(OH)–C–C–N with tert-alkyl or cyclic N) is 1. The van der Waals surface area contributed by atoms with Crippen LogP contribution in [0.4, 0.5) is 5.69 Å². The summed E-state index contributed by atoms with van der Waals surface area (Å²) in [4.78, 5) is 67.6. The van der Waals surface area contributed by atoms with Crippen molar-refractivity contribution in [2.24, 2.45) is 10.4 Å². The Balaban J connectivity index is 0.825. The number of halogens is 1. The molecule has 1 saturated heterocycles. The van der Waals surface area contributed by atoms with Crippen LogP contribution < -0.4 is 20.7 Å². The molecule has 0 bridgehead atoms. The maximum absolute atomic E-state index is 14.1. The van der Waals surface area contributed by atoms with Crippen LogP contribution in [0.5, 0.6) is 5.75 Å². The lowest BCUT2D eigenvalue weighted by atomic mass is 9.85. The molecular weight excluding hydrogens is 950 g/mol. The number of benzene rings is 3. The zero-order valence-corrected chi connectivity index (χ0v) is 42.4. The third-order valence-electron chi connectivity index (χ3n) is 12.3. The molecule has 1 fully saturated rings. The molecule has 16 nitrogen and oxygen atoms in total. The van der Waals surface area contributed by atoms with Crippen molar-refractivity contribution in [3.63, 3.8) is 0 Å². The Morgan fingerprint density at radius 1 is 0.943 bits per heavy atom. The van der Waals surface area contributed by atoms with Crippen LogP contribution in [0, 0.1) is 33.1 Å². The van der Waals surface area contributed by atoms with E-state index < -0.39 is 41.5 Å². The van der Waals surface area contributed by atoms with Gasteiger partial charge in [0.1, 0.15) is 47.9 Å². The van der Waals surface area contributed by atoms with Gasteiger partial charge in [-0.25, -0.2) is 4.98 Å². The SMILES string of the molecule is Cc1ncsc1-c1ccc(CNC(=O)[C@@H]2C[C@@H](O)CN2C(=O)C(NC(=O)COCCOc2cccc(NC(=O)C[C@@H]3N=C(c4ccc(Cl)cc4)c4c(sc(C)c4C)-n4c(C)nnc43)c2)C(C)(C)C)cc1. The number of hydrogen-bond donors (Lipinski definition) is 4. The fourth-order valence-corrected chi connectivity index (χ4v) is 10.7. The number of aryl methyl sites for hydroxylation is 3. The first kappa shape index (κ1) is 50.1. The van der Waals surface area contributed by atoms with Gasteiger partial charge in [-0.1, -0.05) is 74.8 Å². The molecule has 0 aliphatic carbocycles. The fourth-order valence-electron chi connectivity index (χ4n) is 8.55. The molecule has 4 atom stereocenters. The third kappa shape index (κ3) is 11.3. The molecule has 2 aliphatic heterocycles. The Morgan fingerprint density at radius 3 is 2.40 bits per heavy atom. The van der Waals surface area contributed by atoms with E-state index in [0.717, 1.165) is 54.0 Å². The summed E-state index contributed by atoms with van der Waals surface area (Å²) in [6, 6.07) is 19.7. The van der Waals surface area contributed by atoms with Crippen LogP contribution >= 0.6 is 34.3 Å². The summed E-state index contributed by atoms with van der Waals surface area (Å²) in [6.45, 7) is 13.4. The molecule has 2 aliphatic rings. The minimum Gasteiger partial charge on any atom is -0.491 e. The van der Waals surface area contributed by atoms with Gasteiger partial charge in [0.15, 0.2) is 5.82 Å². The van der Waals surface area contributed by atoms with Gasteiger partial charge in [0.2, 0.25) is 23.6 Å². The fraction of sp³-hybridized carbons (Fsp3) is 0.373. The molecule has 6 aromatic rings. The molecule has 3 aromatic carbocycles. The number of thiazole rings is 1. The minimum atomic E-state index is -1.01. The number of hydrogen-bond acceptors (Lipinski definition) is 13. The number of amides is 4. The highest BCUT2D eigenvalue weighted by Gasteiger charge is 2.44. The molecule has 4 N–H and O–H groups in total. The van der Waals surface area contributed by atoms with Crippen LogP contribution in [-0.4, -0.2) is 104 Å². The Hall–Kier alpha value is -6.31. The van der Waals surface area contributed by atoms with Gasteiger partial charge in [-0.2, -0.15) is 0 Å². The summed E-state index contributed by atoms with van der Waals surface area (Å²) in [6.07, 6.45) is -0.828. The number of ether oxygens (including phenoxy) is 2. The van der Waals surface area contributed by atoms with E-state index >= 15 is 0 Å². The zero-order valence-electron chi connectivity index (χ0n) is 40.0. The standard InChI is InChI=1S/C51H56ClN9O7S2/c1-28-30(3)70-50-43(28)44(33-15-17-35(52)18-16-33)56-39(47-59-58-31(4)61(47)50)23-41(63)55-36-9-8-10-38(21-36)68-20-19-67-26-42(64)57-46(51(5,6)7)49(66)60-25-37(62)22-40(60)48(65)53-24-32-11-13-34(14-12-32)45-29(2)54-27-69-45/h8-18,21,27,37,39-40,46,62H,19-20,22-26H2,1-7H3,(H,53,65)(H,55,63)(H,57,64)/t37-,39+,40+,46?/m1/s1. The van der Waals surface area contributed by atoms with Crippen molar-refractivity contribution in [3.05, 3.63) is 128 Å². The second-order valence-corrected chi connectivity index (χ2v) is 21.0. The minimum absolute atomic E-state index is 0.00832. The van der Waals surface area contributed by atoms with E-state index in [-0.39, 0.29) is 57.6 Å². The summed E-state index contributed by atoms with van der Waals surface area (Å²) >= 11 is 9.47. The number of likely N-dealkylation sites (tertiary alicyclic amines) is 1. The van der Waals surface area contributed by atoms with Crippen LogP contribution in [0.15, 0.2) is 83.3 Å². The predicted octanol–water partition coefficient (Wildman–Crippen LogP) is 7.46. The summed E-state index contributed by atoms with van der Waals surface area (Å²) in [5, 5.41) is 29.8. The molecule has 4 amide bonds. The second-order valence-electron chi connectivity index (χ2n) is 18.5. The number of aromatic nitrogens is 4. The second kappa shape index (κ2) is 21.4. The average Bonchev–Trinajstić information content (AvgIpc) is 4.09. The Kier molecular flexibility index (Phi) is 15.3. The van der Waals surface area contributed by atoms with Gasteiger partial charge in [-0.15, -0.1) is 32.9 Å². The van der Waals surface area contributed by atoms with Crippen molar-refractivity contribution < 1.29 is 33.8 Å². The summed E-state index contributed by atoms with van der Waals surface area (Å²) in [5.74, 6) is 0.0712. The van der Waals surface area contributed by atoms with E-state index in [0.29, 0.717) is 28.1 Å². The van der Waals surface area contributed by atoms with Crippen molar-refractivity contribution in [1.29, 1.82) is 0 Å². The lowest BCUT2D eigenvalue weighted by Crippen LogP contribution is -2.58. The first-order chi connectivity index (χ1) is 33.4. The Bertz CT molecular complexity index is 2920. The molecular formula is C51H56ClN9O7S2. The molecule has 0 spiro atoms. The van der Waals surface area contributed by atoms with Crippen LogP contribution in [0.1, 0.15) is 84.1 Å². The number of fused-ring (bicyclic) bond motifs is 3. The lowest BCUT2D eigenvalue weighted by molar-refractivity contribution is -0.144. The molecule has 366 valence electrons. The largest absolute Gasteiger partial charge is 0.491 e. The van der Waals surface area contributed by atoms with Crippen molar-refractivity contribution in [2.75, 3.05) is 31.7 Å². The topological polar surface area (TPSA) is 202 Å². The third-order valence-corrected chi connectivity index (χ3v) is 14.7. The highest BCUT2D eigenvalue weighted by atomic mass is 35.5. The molecule has 8 rings (SSSR count). The van der Waals surface area contributed by atoms with E-state index in [1.807, 2.05) is 93.2 Å². The van der Waals surface area contributed by atoms with Gasteiger partial charge in [-0.3, -0.25) is 28.7 Å². The Labute approximate surface area is 419 Å². The van der Waals surface area contributed by atoms with E-state index in [1.165, 1.54) is 4.90 Å². The van der Waals surface area contributed by atoms with Crippen LogP contribution in [0.25, 0.3) is 15.4 Å². The van der Waals surface area contributed by atoms with Crippen LogP contribution in [-0.2, 0) is 30.5 Å². The number of aliphatic hydroxyl groups is 1. The number of anilines is 1. The highest BCUT2D eigenvalue weighted by Crippen LogP contribution is 2.40. The van der Waals surface area contributed by atoms with Gasteiger partial charge >= 0.3 is 0 Å². The van der Waals surface area contributed by atoms with Gasteiger partial charge in [0, 0.05) is 52.3 Å². The Morgan fingerprint density at radius 2 is 1.69 bits per heavy atom. The van der Waals surface area contributed by atoms with E-state index in [9.17, 15) is 24.3 Å². The van der Waals surface area contributed by atoms with Crippen molar-refractivity contribution in [1.82, 2.24) is 35.3 Å². The van der Waals surface area contributed by atoms with Crippen molar-refractivity contribution >= 4 is 69.3 Å². The number of nitrogens with zero attached hydrogens (tertiary/aromatic N) is 6. The van der Waals surface area contributed by atoms with Gasteiger partial charge in [0.25, 0.3) is 0 Å². The van der Waals surface area contributed by atoms with Crippen molar-refractivity contribution in [3.8, 4) is 21.2 Å². The van der Waals surface area contributed by atoms with Crippen molar-refractivity contribution in [2.45, 2.75) is 92.1 Å². The molecule has 1 unspecified atom stereocenters. The van der Waals surface area contributed by atoms with Crippen LogP contribution in [0.3, 0.4) is 0 Å². The number of aliphatic hydroxyl groups excluding tert-OH is 1. The number of nitrogens with one attached hydrogen (secondary N) is 3. The summed E-state index contributed by atoms with van der Waals surface area (Å²) in [5.41, 5.74) is 8.16. The maximum atomic E-state index is 14.1. The zero-order chi connectivity index (χ0) is 49.9. The van der Waals surface area contributed by atoms with Gasteiger partial charge < -0.3 is 35.4 Å². The van der Waals surface area contributed by atoms with Gasteiger partial charge in [-0.05, 0) is 74.1 Å². The van der Waals surface area contributed by atoms with E-state index in [4.69, 9.17) is 26.1 Å². The number of carbonyl (C=O) groups is 4. The molecule has 0 radical (unpaired) electrons. The first-order valence-corrected chi connectivity index (χ1v) is 25.0. The summed E-state index contributed by atoms with van der Waals surface area (Å²) < 4.78 is 13.6. The number of thiophene rings is 1. The first-order valence-electron chi connectivity index (χ1n) is 23.0. The smallest absolute Gasteiger partial charge is 0.246 e. The normalized spacial score (nSPS) is 17.0. The van der Waals surface area contributed by atoms with E-state index in [1.54, 1.807) is 46.9 Å². The number of rotatable bonds is 16. The summed E-state index contributed by atoms with van der Waals surface area (Å²) in [7, 11) is 0. The average molecular weight is 1010 g/mol. The molecule has 70 heavy (non-hydrogen) atoms. The molecule has 3 aromatic heterocycles. The molecule has 0 saturated carbocycles. The van der Waals surface area contributed by atoms with Gasteiger partial charge in [0.05, 0.1) is 40.9 Å². The monoisotopic (exact) mass is 1010 g/mol. The molecule has 19 heteroatoms.